The van der Waals surface area contributed by atoms with Crippen LogP contribution in [0.2, 0.25) is 0 Å². The minimum absolute atomic E-state index is 0.251. The van der Waals surface area contributed by atoms with Crippen LogP contribution >= 0.6 is 159 Å². The van der Waals surface area contributed by atoms with Gasteiger partial charge in [0.1, 0.15) is 0 Å². The van der Waals surface area contributed by atoms with Gasteiger partial charge in [0.05, 0.1) is 35.1 Å². The van der Waals surface area contributed by atoms with Gasteiger partial charge in [0.15, 0.2) is 0 Å². The third-order valence-electron chi connectivity index (χ3n) is 4.22. The van der Waals surface area contributed by atoms with Gasteiger partial charge in [0.25, 0.3) is 0 Å². The van der Waals surface area contributed by atoms with E-state index in [9.17, 15) is 10.2 Å². The molecular weight excluding hydrogens is 1060 g/mol. The molecule has 4 atom stereocenters. The lowest BCUT2D eigenvalue weighted by Gasteiger charge is -2.30. The van der Waals surface area contributed by atoms with Crippen molar-refractivity contribution in [2.75, 3.05) is 13.2 Å². The van der Waals surface area contributed by atoms with Gasteiger partial charge in [-0.05, 0) is 151 Å². The van der Waals surface area contributed by atoms with E-state index in [1.165, 1.54) is 0 Å². The Hall–Kier alpha value is 3.12. The fourth-order valence-corrected chi connectivity index (χ4v) is 9.12. The van der Waals surface area contributed by atoms with E-state index >= 15 is 0 Å². The summed E-state index contributed by atoms with van der Waals surface area (Å²) in [6.07, 6.45) is -1.26. The summed E-state index contributed by atoms with van der Waals surface area (Å²) < 4.78 is 13.0. The third-order valence-corrected chi connectivity index (χ3v) is 15.8. The Morgan fingerprint density at radius 2 is 0.903 bits per heavy atom. The Kier molecular flexibility index (Phi) is 13.3. The fraction of sp³-hybridized carbons (Fsp3) is 0.333. The van der Waals surface area contributed by atoms with Crippen molar-refractivity contribution < 1.29 is 14.9 Å². The van der Waals surface area contributed by atoms with Gasteiger partial charge >= 0.3 is 0 Å². The Balaban J connectivity index is 2.36. The van der Waals surface area contributed by atoms with Crippen LogP contribution in [-0.4, -0.2) is 35.6 Å². The number of halogens is 10. The minimum Gasteiger partial charge on any atom is -0.394 e. The highest BCUT2D eigenvalue weighted by Gasteiger charge is 2.32. The maximum absolute atomic E-state index is 10.1. The van der Waals surface area contributed by atoms with Gasteiger partial charge in [-0.1, -0.05) is 31.9 Å². The van der Waals surface area contributed by atoms with Crippen LogP contribution in [0.3, 0.4) is 0 Å². The molecule has 2 N–H and O–H groups in total. The molecule has 0 heterocycles. The molecule has 0 bridgehead atoms. The van der Waals surface area contributed by atoms with Crippen molar-refractivity contribution in [1.82, 2.24) is 0 Å². The Labute approximate surface area is 264 Å². The lowest BCUT2D eigenvalue weighted by Crippen LogP contribution is -2.33. The van der Waals surface area contributed by atoms with Crippen LogP contribution in [-0.2, 0) is 4.74 Å². The minimum atomic E-state index is -0.630. The summed E-state index contributed by atoms with van der Waals surface area (Å²) in [6, 6.07) is 3.87. The molecule has 0 fully saturated rings. The number of alkyl halides is 2. The predicted molar refractivity (Wildman–Crippen MR) is 161 cm³/mol. The molecule has 0 spiro atoms. The number of ether oxygens (including phenoxy) is 1. The van der Waals surface area contributed by atoms with Crippen molar-refractivity contribution in [3.63, 3.8) is 0 Å². The largest absolute Gasteiger partial charge is 0.394 e. The predicted octanol–water partition coefficient (Wildman–Crippen LogP) is 10.1. The van der Waals surface area contributed by atoms with Crippen LogP contribution in [0.4, 0.5) is 0 Å². The van der Waals surface area contributed by atoms with E-state index in [1.807, 2.05) is 12.1 Å². The normalized spacial score (nSPS) is 15.6. The highest BCUT2D eigenvalue weighted by Crippen LogP contribution is 2.46. The molecule has 0 saturated heterocycles. The maximum Gasteiger partial charge on any atom is 0.0977 e. The maximum atomic E-state index is 10.1. The summed E-state index contributed by atoms with van der Waals surface area (Å²) in [7, 11) is 0. The molecule has 172 valence electrons. The molecule has 0 radical (unpaired) electrons. The van der Waals surface area contributed by atoms with Gasteiger partial charge < -0.3 is 14.9 Å². The van der Waals surface area contributed by atoms with Crippen molar-refractivity contribution in [2.45, 2.75) is 21.9 Å². The number of aliphatic hydroxyl groups is 2. The molecule has 3 nitrogen and oxygen atoms in total. The first-order valence-electron chi connectivity index (χ1n) is 8.27. The zero-order chi connectivity index (χ0) is 23.6. The molecule has 0 saturated carbocycles. The van der Waals surface area contributed by atoms with Crippen molar-refractivity contribution in [3.05, 3.63) is 59.0 Å². The fourth-order valence-electron chi connectivity index (χ4n) is 2.62. The smallest absolute Gasteiger partial charge is 0.0977 e. The molecule has 0 aliphatic heterocycles. The second-order valence-electron chi connectivity index (χ2n) is 6.16. The summed E-state index contributed by atoms with van der Waals surface area (Å²) in [4.78, 5) is -0.707. The van der Waals surface area contributed by atoms with Crippen molar-refractivity contribution in [3.8, 4) is 0 Å². The van der Waals surface area contributed by atoms with E-state index in [2.05, 4.69) is 159 Å². The quantitative estimate of drug-likeness (QED) is 0.157. The van der Waals surface area contributed by atoms with E-state index < -0.39 is 12.2 Å². The van der Waals surface area contributed by atoms with Gasteiger partial charge in [-0.2, -0.15) is 0 Å². The molecule has 0 amide bonds. The van der Waals surface area contributed by atoms with E-state index in [4.69, 9.17) is 4.74 Å². The van der Waals surface area contributed by atoms with E-state index in [0.29, 0.717) is 0 Å². The van der Waals surface area contributed by atoms with E-state index in [1.54, 1.807) is 0 Å². The zero-order valence-corrected chi connectivity index (χ0v) is 30.8. The molecule has 0 aromatic heterocycles. The monoisotopic (exact) mass is 1070 g/mol. The van der Waals surface area contributed by atoms with Gasteiger partial charge in [-0.15, -0.1) is 0 Å². The number of hydrogen-bond acceptors (Lipinski definition) is 3. The highest BCUT2D eigenvalue weighted by molar-refractivity contribution is 9.16. The summed E-state index contributed by atoms with van der Waals surface area (Å²) >= 11 is 35.7. The molecule has 0 aliphatic carbocycles. The Morgan fingerprint density at radius 1 is 0.581 bits per heavy atom. The lowest BCUT2D eigenvalue weighted by molar-refractivity contribution is -0.0599. The summed E-state index contributed by atoms with van der Waals surface area (Å²) in [5.41, 5.74) is 1.75. The SMILES string of the molecule is OCC(OC(CO)C(Br)c1cc(Br)c(Br)c(Br)c1Br)C(Br)c1cc(Br)c(Br)c(Br)c1Br. The van der Waals surface area contributed by atoms with Crippen LogP contribution in [0, 0.1) is 0 Å². The molecule has 4 unspecified atom stereocenters. The van der Waals surface area contributed by atoms with Crippen molar-refractivity contribution in [1.29, 1.82) is 0 Å². The van der Waals surface area contributed by atoms with Crippen LogP contribution in [0.25, 0.3) is 0 Å². The summed E-state index contributed by atoms with van der Waals surface area (Å²) in [6.45, 7) is -0.502. The number of hydrogen-bond donors (Lipinski definition) is 2. The first kappa shape index (κ1) is 30.3. The van der Waals surface area contributed by atoms with Crippen LogP contribution in [0.15, 0.2) is 47.9 Å². The Morgan fingerprint density at radius 3 is 1.19 bits per heavy atom. The highest BCUT2D eigenvalue weighted by atomic mass is 79.9. The number of benzene rings is 2. The number of rotatable bonds is 8. The van der Waals surface area contributed by atoms with Gasteiger partial charge in [0.2, 0.25) is 0 Å². The molecule has 2 aromatic rings. The Bertz CT molecular complexity index is 880. The second kappa shape index (κ2) is 13.6. The molecule has 2 rings (SSSR count). The lowest BCUT2D eigenvalue weighted by atomic mass is 10.1. The number of aliphatic hydroxyl groups excluding tert-OH is 2. The standard InChI is InChI=1S/C18H12Br10O3/c19-7-1-5(13(23)17(27)15(7)25)11(21)9(3-29)31-10(4-30)12(22)6-2-8(20)16(26)18(28)14(6)24/h1-2,9-12,29-30H,3-4H2. The van der Waals surface area contributed by atoms with Crippen LogP contribution in [0.1, 0.15) is 20.8 Å². The van der Waals surface area contributed by atoms with Crippen LogP contribution < -0.4 is 0 Å². The average molecular weight is 1080 g/mol. The third kappa shape index (κ3) is 7.12. The first-order valence-corrected chi connectivity index (χ1v) is 16.4. The van der Waals surface area contributed by atoms with Gasteiger partial charge in [0, 0.05) is 35.8 Å². The first-order chi connectivity index (χ1) is 14.5. The van der Waals surface area contributed by atoms with E-state index in [0.717, 1.165) is 46.9 Å². The zero-order valence-electron chi connectivity index (χ0n) is 15.0. The average Bonchev–Trinajstić information content (AvgIpc) is 2.75. The molecule has 0 aliphatic rings. The van der Waals surface area contributed by atoms with Crippen LogP contribution in [0.5, 0.6) is 0 Å². The van der Waals surface area contributed by atoms with Gasteiger partial charge in [-0.3, -0.25) is 0 Å². The molecule has 31 heavy (non-hydrogen) atoms. The summed E-state index contributed by atoms with van der Waals surface area (Å²) in [5, 5.41) is 20.2. The van der Waals surface area contributed by atoms with Crippen molar-refractivity contribution in [2.24, 2.45) is 0 Å². The molecular formula is C18H12Br10O3. The topological polar surface area (TPSA) is 49.7 Å². The second-order valence-corrected chi connectivity index (χ2v) is 14.6. The van der Waals surface area contributed by atoms with Crippen molar-refractivity contribution >= 4 is 159 Å². The molecule has 2 aromatic carbocycles. The van der Waals surface area contributed by atoms with E-state index in [-0.39, 0.29) is 22.9 Å². The molecule has 13 heteroatoms. The van der Waals surface area contributed by atoms with Gasteiger partial charge in [-0.25, -0.2) is 0 Å². The summed E-state index contributed by atoms with van der Waals surface area (Å²) in [5.74, 6) is 0.